The zero-order valence-corrected chi connectivity index (χ0v) is 21.6. The Kier molecular flexibility index (Phi) is 7.27. The Bertz CT molecular complexity index is 1220. The molecule has 1 aliphatic carbocycles. The van der Waals surface area contributed by atoms with Gasteiger partial charge in [0.2, 0.25) is 0 Å². The van der Waals surface area contributed by atoms with Crippen LogP contribution in [0.1, 0.15) is 94.3 Å². The van der Waals surface area contributed by atoms with Gasteiger partial charge in [-0.25, -0.2) is 17.6 Å². The zero-order valence-electron chi connectivity index (χ0n) is 21.6. The maximum atomic E-state index is 15.6. The van der Waals surface area contributed by atoms with Crippen LogP contribution in [-0.2, 0) is 17.3 Å². The van der Waals surface area contributed by atoms with Crippen LogP contribution in [0, 0.1) is 29.2 Å². The van der Waals surface area contributed by atoms with Gasteiger partial charge in [-0.3, -0.25) is 9.98 Å². The molecule has 2 heterocycles. The van der Waals surface area contributed by atoms with E-state index >= 15 is 17.6 Å². The molecule has 6 heteroatoms. The molecular weight excluding hydrogens is 464 g/mol. The van der Waals surface area contributed by atoms with Gasteiger partial charge >= 0.3 is 0 Å². The first-order valence-electron chi connectivity index (χ1n) is 12.8. The Labute approximate surface area is 211 Å². The van der Waals surface area contributed by atoms with Crippen molar-refractivity contribution in [1.82, 2.24) is 4.98 Å². The summed E-state index contributed by atoms with van der Waals surface area (Å²) in [7, 11) is 0. The number of dihydropyridines is 1. The predicted molar refractivity (Wildman–Crippen MR) is 137 cm³/mol. The Morgan fingerprint density at radius 2 is 1.47 bits per heavy atom. The van der Waals surface area contributed by atoms with Crippen LogP contribution in [0.3, 0.4) is 0 Å². The van der Waals surface area contributed by atoms with Gasteiger partial charge in [0.15, 0.2) is 23.3 Å². The van der Waals surface area contributed by atoms with E-state index < -0.39 is 45.2 Å². The summed E-state index contributed by atoms with van der Waals surface area (Å²) in [5.41, 5.74) is -0.704. The lowest BCUT2D eigenvalue weighted by Crippen LogP contribution is -2.32. The molecule has 4 unspecified atom stereocenters. The van der Waals surface area contributed by atoms with Gasteiger partial charge in [0.05, 0.1) is 5.69 Å². The van der Waals surface area contributed by atoms with Gasteiger partial charge in [0, 0.05) is 34.9 Å². The van der Waals surface area contributed by atoms with Crippen molar-refractivity contribution >= 4 is 12.3 Å². The topological polar surface area (TPSA) is 25.2 Å². The highest BCUT2D eigenvalue weighted by molar-refractivity contribution is 5.74. The first-order valence-corrected chi connectivity index (χ1v) is 12.8. The highest BCUT2D eigenvalue weighted by atomic mass is 19.2. The summed E-state index contributed by atoms with van der Waals surface area (Å²) in [6.45, 7) is 8.76. The van der Waals surface area contributed by atoms with E-state index in [1.807, 2.05) is 25.1 Å². The Hall–Kier alpha value is -2.76. The molecule has 4 rings (SSSR count). The summed E-state index contributed by atoms with van der Waals surface area (Å²) in [5, 5.41) is 0. The number of nitrogens with zero attached hydrogens (tertiary/aromatic N) is 2. The molecule has 1 aromatic carbocycles. The third-order valence-electron chi connectivity index (χ3n) is 8.24. The molecule has 0 saturated heterocycles. The van der Waals surface area contributed by atoms with Gasteiger partial charge in [-0.05, 0) is 54.4 Å². The van der Waals surface area contributed by atoms with Crippen molar-refractivity contribution in [3.05, 3.63) is 81.7 Å². The van der Waals surface area contributed by atoms with E-state index in [4.69, 9.17) is 0 Å². The van der Waals surface area contributed by atoms with Crippen molar-refractivity contribution in [2.45, 2.75) is 83.6 Å². The third kappa shape index (κ3) is 4.33. The standard InChI is InChI=1S/C30H34F4N2/c1-6-13-29(4,7-2)21-23(31)25(33)22(26(34)24(21)32)30(5,8-3)16-18-15-20-12-11-19-10-9-14-35-27(19)28(20)36-17-18/h9-12,14-15,17,19,27H,6-8,13,16H2,1-5H3. The van der Waals surface area contributed by atoms with Crippen LogP contribution >= 0.6 is 0 Å². The van der Waals surface area contributed by atoms with Gasteiger partial charge < -0.3 is 0 Å². The Morgan fingerprint density at radius 3 is 2.06 bits per heavy atom. The molecule has 0 fully saturated rings. The number of benzene rings is 1. The van der Waals surface area contributed by atoms with Crippen molar-refractivity contribution in [3.63, 3.8) is 0 Å². The van der Waals surface area contributed by atoms with Crippen LogP contribution < -0.4 is 0 Å². The van der Waals surface area contributed by atoms with Crippen LogP contribution in [-0.4, -0.2) is 11.2 Å². The molecule has 0 saturated carbocycles. The predicted octanol–water partition coefficient (Wildman–Crippen LogP) is 8.34. The summed E-state index contributed by atoms with van der Waals surface area (Å²) in [5.74, 6) is -4.98. The third-order valence-corrected chi connectivity index (χ3v) is 8.24. The van der Waals surface area contributed by atoms with Crippen molar-refractivity contribution in [2.24, 2.45) is 10.9 Å². The number of allylic oxidation sites excluding steroid dienone is 1. The molecule has 2 nitrogen and oxygen atoms in total. The number of pyridine rings is 1. The van der Waals surface area contributed by atoms with Crippen molar-refractivity contribution in [3.8, 4) is 0 Å². The molecule has 0 bridgehead atoms. The van der Waals surface area contributed by atoms with Crippen molar-refractivity contribution in [1.29, 1.82) is 0 Å². The SMILES string of the molecule is CCCC(C)(CC)c1c(F)c(F)c(C(C)(CC)Cc2cnc3c(c2)C=CC2C=CC=NC32)c(F)c1F. The number of hydrogen-bond donors (Lipinski definition) is 0. The second kappa shape index (κ2) is 9.95. The number of hydrogen-bond acceptors (Lipinski definition) is 2. The van der Waals surface area contributed by atoms with Gasteiger partial charge in [-0.1, -0.05) is 59.3 Å². The highest BCUT2D eigenvalue weighted by Crippen LogP contribution is 2.44. The summed E-state index contributed by atoms with van der Waals surface area (Å²) in [6, 6.07) is 1.84. The van der Waals surface area contributed by atoms with Crippen molar-refractivity contribution < 1.29 is 17.6 Å². The average Bonchev–Trinajstić information content (AvgIpc) is 2.87. The van der Waals surface area contributed by atoms with E-state index in [9.17, 15) is 0 Å². The Balaban J connectivity index is 1.76. The van der Waals surface area contributed by atoms with Crippen molar-refractivity contribution in [2.75, 3.05) is 0 Å². The molecule has 1 aliphatic heterocycles. The minimum absolute atomic E-state index is 0.0942. The maximum Gasteiger partial charge on any atom is 0.166 e. The van der Waals surface area contributed by atoms with E-state index in [0.717, 1.165) is 16.8 Å². The highest BCUT2D eigenvalue weighted by Gasteiger charge is 2.41. The van der Waals surface area contributed by atoms with E-state index in [1.165, 1.54) is 0 Å². The fourth-order valence-electron chi connectivity index (χ4n) is 5.74. The molecule has 0 radical (unpaired) electrons. The minimum Gasteiger partial charge on any atom is -0.283 e. The molecule has 0 amide bonds. The number of aliphatic imine (C=N–C) groups is 1. The fraction of sp³-hybridized carbons (Fsp3) is 0.467. The number of halogens is 4. The molecule has 0 spiro atoms. The van der Waals surface area contributed by atoms with E-state index in [0.29, 0.717) is 19.3 Å². The van der Waals surface area contributed by atoms with Crippen LogP contribution in [0.4, 0.5) is 17.6 Å². The summed E-state index contributed by atoms with van der Waals surface area (Å²) in [6.07, 6.45) is 13.4. The number of rotatable bonds is 8. The van der Waals surface area contributed by atoms with Gasteiger partial charge in [0.1, 0.15) is 6.04 Å². The molecule has 36 heavy (non-hydrogen) atoms. The molecule has 2 aromatic rings. The monoisotopic (exact) mass is 498 g/mol. The van der Waals surface area contributed by atoms with Crippen LogP contribution in [0.25, 0.3) is 6.08 Å². The average molecular weight is 499 g/mol. The largest absolute Gasteiger partial charge is 0.283 e. The maximum absolute atomic E-state index is 15.6. The minimum atomic E-state index is -1.29. The summed E-state index contributed by atoms with van der Waals surface area (Å²) >= 11 is 0. The first-order chi connectivity index (χ1) is 17.1. The summed E-state index contributed by atoms with van der Waals surface area (Å²) < 4.78 is 62.2. The molecule has 4 atom stereocenters. The van der Waals surface area contributed by atoms with Gasteiger partial charge in [-0.2, -0.15) is 0 Å². The smallest absolute Gasteiger partial charge is 0.166 e. The first kappa shape index (κ1) is 26.3. The van der Waals surface area contributed by atoms with E-state index in [1.54, 1.807) is 40.1 Å². The molecule has 192 valence electrons. The van der Waals surface area contributed by atoms with Crippen LogP contribution in [0.5, 0.6) is 0 Å². The Morgan fingerprint density at radius 1 is 0.861 bits per heavy atom. The lowest BCUT2D eigenvalue weighted by Gasteiger charge is -2.34. The zero-order chi connectivity index (χ0) is 26.3. The molecule has 2 aliphatic rings. The number of aromatic nitrogens is 1. The fourth-order valence-corrected chi connectivity index (χ4v) is 5.74. The lowest BCUT2D eigenvalue weighted by molar-refractivity contribution is 0.323. The normalized spacial score (nSPS) is 21.6. The van der Waals surface area contributed by atoms with Crippen LogP contribution in [0.2, 0.25) is 0 Å². The van der Waals surface area contributed by atoms with Crippen LogP contribution in [0.15, 0.2) is 35.5 Å². The van der Waals surface area contributed by atoms with Gasteiger partial charge in [0.25, 0.3) is 0 Å². The lowest BCUT2D eigenvalue weighted by atomic mass is 9.71. The second-order valence-corrected chi connectivity index (χ2v) is 10.6. The molecular formula is C30H34F4N2. The molecule has 0 N–H and O–H groups in total. The summed E-state index contributed by atoms with van der Waals surface area (Å²) in [4.78, 5) is 9.18. The van der Waals surface area contributed by atoms with Gasteiger partial charge in [-0.15, -0.1) is 0 Å². The second-order valence-electron chi connectivity index (χ2n) is 10.6. The van der Waals surface area contributed by atoms with E-state index in [2.05, 4.69) is 22.1 Å². The quantitative estimate of drug-likeness (QED) is 0.265. The molecule has 1 aromatic heterocycles. The van der Waals surface area contributed by atoms with E-state index in [-0.39, 0.29) is 24.8 Å². The number of fused-ring (bicyclic) bond motifs is 3.